The van der Waals surface area contributed by atoms with Crippen molar-refractivity contribution < 1.29 is 14.6 Å². The summed E-state index contributed by atoms with van der Waals surface area (Å²) >= 11 is 0. The Labute approximate surface area is 119 Å². The second-order valence-electron chi connectivity index (χ2n) is 4.83. The number of nitrogens with zero attached hydrogens (tertiary/aromatic N) is 2. The van der Waals surface area contributed by atoms with Gasteiger partial charge in [-0.25, -0.2) is 9.78 Å². The molecule has 0 bridgehead atoms. The highest BCUT2D eigenvalue weighted by molar-refractivity contribution is 5.81. The summed E-state index contributed by atoms with van der Waals surface area (Å²) in [7, 11) is 0. The number of aryl methyl sites for hydroxylation is 2. The van der Waals surface area contributed by atoms with Gasteiger partial charge in [-0.05, 0) is 49.2 Å². The Balaban J connectivity index is 2.35. The monoisotopic (exact) mass is 284 g/mol. The van der Waals surface area contributed by atoms with Gasteiger partial charge in [0.1, 0.15) is 5.65 Å². The van der Waals surface area contributed by atoms with Crippen LogP contribution in [0.5, 0.6) is 5.75 Å². The molecule has 1 aromatic carbocycles. The number of carbonyl (C=O) groups is 1. The van der Waals surface area contributed by atoms with Crippen LogP contribution in [-0.4, -0.2) is 20.6 Å². The van der Waals surface area contributed by atoms with Crippen LogP contribution in [0.3, 0.4) is 0 Å². The first-order chi connectivity index (χ1) is 9.95. The normalized spacial score (nSPS) is 11.0. The summed E-state index contributed by atoms with van der Waals surface area (Å²) in [4.78, 5) is 27.5. The lowest BCUT2D eigenvalue weighted by molar-refractivity contribution is 0.144. The van der Waals surface area contributed by atoms with Crippen LogP contribution in [0.1, 0.15) is 11.1 Å². The average Bonchev–Trinajstić information content (AvgIpc) is 2.42. The van der Waals surface area contributed by atoms with Crippen molar-refractivity contribution in [2.24, 2.45) is 0 Å². The van der Waals surface area contributed by atoms with Gasteiger partial charge >= 0.3 is 6.16 Å². The minimum Gasteiger partial charge on any atom is -0.449 e. The zero-order valence-corrected chi connectivity index (χ0v) is 11.5. The van der Waals surface area contributed by atoms with E-state index in [0.29, 0.717) is 16.6 Å². The Morgan fingerprint density at radius 3 is 2.67 bits per heavy atom. The minimum absolute atomic E-state index is 0.0714. The fraction of sp³-hybridized carbons (Fsp3) is 0.133. The molecule has 3 aromatic rings. The zero-order valence-electron chi connectivity index (χ0n) is 11.5. The van der Waals surface area contributed by atoms with Crippen LogP contribution < -0.4 is 10.3 Å². The van der Waals surface area contributed by atoms with E-state index in [1.807, 2.05) is 19.9 Å². The predicted octanol–water partition coefficient (Wildman–Crippen LogP) is 2.52. The maximum atomic E-state index is 12.5. The molecule has 0 amide bonds. The van der Waals surface area contributed by atoms with Gasteiger partial charge in [-0.3, -0.25) is 9.20 Å². The Morgan fingerprint density at radius 2 is 1.95 bits per heavy atom. The Hall–Kier alpha value is -2.89. The molecule has 21 heavy (non-hydrogen) atoms. The van der Waals surface area contributed by atoms with Gasteiger partial charge in [0.25, 0.3) is 5.56 Å². The highest BCUT2D eigenvalue weighted by Gasteiger charge is 2.09. The molecule has 0 fully saturated rings. The molecule has 0 aliphatic heterocycles. The maximum absolute atomic E-state index is 12.5. The third kappa shape index (κ3) is 2.20. The molecule has 0 saturated heterocycles. The average molecular weight is 284 g/mol. The van der Waals surface area contributed by atoms with Crippen LogP contribution >= 0.6 is 0 Å². The van der Waals surface area contributed by atoms with E-state index in [2.05, 4.69) is 9.72 Å². The van der Waals surface area contributed by atoms with E-state index < -0.39 is 6.16 Å². The van der Waals surface area contributed by atoms with E-state index in [-0.39, 0.29) is 11.3 Å². The Bertz CT molecular complexity index is 944. The van der Waals surface area contributed by atoms with Crippen molar-refractivity contribution in [2.45, 2.75) is 13.8 Å². The molecule has 0 spiro atoms. The van der Waals surface area contributed by atoms with E-state index in [9.17, 15) is 9.59 Å². The van der Waals surface area contributed by atoms with Crippen molar-refractivity contribution in [3.8, 4) is 5.75 Å². The van der Waals surface area contributed by atoms with E-state index in [4.69, 9.17) is 5.11 Å². The molecule has 0 radical (unpaired) electrons. The SMILES string of the molecule is Cc1cc2nc3ccc(OC(=O)O)cn3c(=O)c2cc1C. The van der Waals surface area contributed by atoms with E-state index in [1.54, 1.807) is 12.1 Å². The van der Waals surface area contributed by atoms with Gasteiger partial charge < -0.3 is 9.84 Å². The molecular weight excluding hydrogens is 272 g/mol. The molecular formula is C15H12N2O4. The van der Waals surface area contributed by atoms with Gasteiger partial charge in [-0.2, -0.15) is 0 Å². The summed E-state index contributed by atoms with van der Waals surface area (Å²) in [6.07, 6.45) is -0.101. The van der Waals surface area contributed by atoms with Gasteiger partial charge in [0.05, 0.1) is 17.1 Å². The summed E-state index contributed by atoms with van der Waals surface area (Å²) in [5, 5.41) is 9.11. The van der Waals surface area contributed by atoms with Gasteiger partial charge in [0, 0.05) is 0 Å². The second-order valence-corrected chi connectivity index (χ2v) is 4.83. The van der Waals surface area contributed by atoms with Crippen molar-refractivity contribution in [2.75, 3.05) is 0 Å². The predicted molar refractivity (Wildman–Crippen MR) is 77.1 cm³/mol. The lowest BCUT2D eigenvalue weighted by Crippen LogP contribution is -2.16. The number of aromatic nitrogens is 2. The number of hydrogen-bond donors (Lipinski definition) is 1. The maximum Gasteiger partial charge on any atom is 0.511 e. The number of hydrogen-bond acceptors (Lipinski definition) is 4. The molecule has 6 heteroatoms. The van der Waals surface area contributed by atoms with E-state index in [1.165, 1.54) is 16.7 Å². The van der Waals surface area contributed by atoms with Crippen LogP contribution in [0, 0.1) is 13.8 Å². The highest BCUT2D eigenvalue weighted by Crippen LogP contribution is 2.17. The molecule has 0 unspecified atom stereocenters. The highest BCUT2D eigenvalue weighted by atomic mass is 16.7. The Morgan fingerprint density at radius 1 is 1.24 bits per heavy atom. The van der Waals surface area contributed by atoms with Crippen LogP contribution in [-0.2, 0) is 0 Å². The molecule has 3 rings (SSSR count). The number of fused-ring (bicyclic) bond motifs is 2. The van der Waals surface area contributed by atoms with Crippen LogP contribution in [0.2, 0.25) is 0 Å². The number of pyridine rings is 1. The van der Waals surface area contributed by atoms with Crippen molar-refractivity contribution in [3.63, 3.8) is 0 Å². The standard InChI is InChI=1S/C15H12N2O4/c1-8-5-11-12(6-9(8)2)16-13-4-3-10(21-15(19)20)7-17(13)14(11)18/h3-7H,1-2H3,(H,19,20). The first-order valence-electron chi connectivity index (χ1n) is 6.30. The van der Waals surface area contributed by atoms with Crippen molar-refractivity contribution in [1.29, 1.82) is 0 Å². The van der Waals surface area contributed by atoms with E-state index >= 15 is 0 Å². The molecule has 0 aliphatic carbocycles. The molecule has 2 heterocycles. The summed E-state index contributed by atoms with van der Waals surface area (Å²) in [5.74, 6) is 0.0714. The first-order valence-corrected chi connectivity index (χ1v) is 6.30. The Kier molecular flexibility index (Phi) is 2.86. The van der Waals surface area contributed by atoms with Gasteiger partial charge in [-0.15, -0.1) is 0 Å². The third-order valence-corrected chi connectivity index (χ3v) is 3.40. The van der Waals surface area contributed by atoms with Crippen molar-refractivity contribution in [3.05, 3.63) is 51.9 Å². The lowest BCUT2D eigenvalue weighted by atomic mass is 10.1. The quantitative estimate of drug-likeness (QED) is 0.548. The lowest BCUT2D eigenvalue weighted by Gasteiger charge is -2.07. The summed E-state index contributed by atoms with van der Waals surface area (Å²) in [5.41, 5.74) is 2.86. The smallest absolute Gasteiger partial charge is 0.449 e. The fourth-order valence-electron chi connectivity index (χ4n) is 2.21. The first kappa shape index (κ1) is 13.1. The summed E-state index contributed by atoms with van der Waals surface area (Å²) in [6, 6.07) is 6.67. The number of benzene rings is 1. The molecule has 106 valence electrons. The third-order valence-electron chi connectivity index (χ3n) is 3.40. The van der Waals surface area contributed by atoms with Crippen LogP contribution in [0.25, 0.3) is 16.6 Å². The van der Waals surface area contributed by atoms with E-state index in [0.717, 1.165) is 11.1 Å². The summed E-state index contributed by atoms with van der Waals surface area (Å²) in [6.45, 7) is 3.88. The number of carboxylic acid groups (broad SMARTS) is 1. The number of rotatable bonds is 1. The number of ether oxygens (including phenoxy) is 1. The molecule has 0 aliphatic rings. The van der Waals surface area contributed by atoms with Gasteiger partial charge in [0.2, 0.25) is 0 Å². The van der Waals surface area contributed by atoms with Gasteiger partial charge in [0.15, 0.2) is 5.75 Å². The van der Waals surface area contributed by atoms with Crippen LogP contribution in [0.4, 0.5) is 4.79 Å². The molecule has 1 N–H and O–H groups in total. The fourth-order valence-corrected chi connectivity index (χ4v) is 2.21. The second kappa shape index (κ2) is 4.59. The molecule has 0 saturated carbocycles. The molecule has 0 atom stereocenters. The van der Waals surface area contributed by atoms with Crippen LogP contribution in [0.15, 0.2) is 35.3 Å². The molecule has 6 nitrogen and oxygen atoms in total. The largest absolute Gasteiger partial charge is 0.511 e. The van der Waals surface area contributed by atoms with Crippen molar-refractivity contribution >= 4 is 22.7 Å². The zero-order chi connectivity index (χ0) is 15.1. The molecule has 2 aromatic heterocycles. The summed E-state index contributed by atoms with van der Waals surface area (Å²) < 4.78 is 5.85. The minimum atomic E-state index is -1.43. The topological polar surface area (TPSA) is 80.9 Å². The van der Waals surface area contributed by atoms with Crippen molar-refractivity contribution in [1.82, 2.24) is 9.38 Å². The van der Waals surface area contributed by atoms with Gasteiger partial charge in [-0.1, -0.05) is 0 Å².